The third-order valence-electron chi connectivity index (χ3n) is 3.59. The van der Waals surface area contributed by atoms with Crippen LogP contribution in [-0.2, 0) is 0 Å². The molecule has 8 heteroatoms. The monoisotopic (exact) mass is 329 g/mol. The summed E-state index contributed by atoms with van der Waals surface area (Å²) in [6.45, 7) is 4.62. The van der Waals surface area contributed by atoms with Crippen molar-refractivity contribution in [2.75, 3.05) is 31.5 Å². The zero-order chi connectivity index (χ0) is 15.1. The smallest absolute Gasteiger partial charge is 0.254 e. The number of aromatic nitrogens is 2. The quantitative estimate of drug-likeness (QED) is 0.630. The topological polar surface area (TPSA) is 99.2 Å². The van der Waals surface area contributed by atoms with E-state index in [0.717, 1.165) is 26.1 Å². The summed E-state index contributed by atoms with van der Waals surface area (Å²) in [5.41, 5.74) is -0.434. The van der Waals surface area contributed by atoms with E-state index in [-0.39, 0.29) is 24.9 Å². The normalized spacial score (nSPS) is 21.4. The van der Waals surface area contributed by atoms with E-state index in [1.807, 2.05) is 6.92 Å². The summed E-state index contributed by atoms with van der Waals surface area (Å²) in [6.07, 6.45) is 5.21. The van der Waals surface area contributed by atoms with Crippen molar-refractivity contribution in [3.8, 4) is 0 Å². The number of nitrogens with one attached hydrogen (secondary N) is 3. The van der Waals surface area contributed by atoms with Crippen molar-refractivity contribution in [2.24, 2.45) is 0 Å². The first kappa shape index (κ1) is 18.6. The van der Waals surface area contributed by atoms with Crippen LogP contribution >= 0.6 is 12.4 Å². The predicted molar refractivity (Wildman–Crippen MR) is 87.4 cm³/mol. The summed E-state index contributed by atoms with van der Waals surface area (Å²) in [4.78, 5) is 20.2. The highest BCUT2D eigenvalue weighted by Gasteiger charge is 2.28. The Morgan fingerprint density at radius 2 is 2.09 bits per heavy atom. The Kier molecular flexibility index (Phi) is 7.50. The van der Waals surface area contributed by atoms with Crippen molar-refractivity contribution >= 4 is 24.3 Å². The Balaban J connectivity index is 0.00000242. The fourth-order valence-electron chi connectivity index (χ4n) is 2.33. The average Bonchev–Trinajstić information content (AvgIpc) is 2.71. The molecule has 0 aliphatic carbocycles. The van der Waals surface area contributed by atoms with Crippen LogP contribution in [0.5, 0.6) is 0 Å². The highest BCUT2D eigenvalue weighted by atomic mass is 35.5. The van der Waals surface area contributed by atoms with Gasteiger partial charge in [-0.15, -0.1) is 12.4 Å². The van der Waals surface area contributed by atoms with Gasteiger partial charge in [0.1, 0.15) is 0 Å². The number of hydrogen-bond acceptors (Lipinski definition) is 6. The lowest BCUT2D eigenvalue weighted by atomic mass is 9.95. The third kappa shape index (κ3) is 5.40. The number of carbonyl (C=O) groups is 1. The first-order valence-electron chi connectivity index (χ1n) is 7.40. The van der Waals surface area contributed by atoms with E-state index in [0.29, 0.717) is 24.4 Å². The number of nitrogens with zero attached hydrogens (tertiary/aromatic N) is 2. The molecular formula is C14H24ClN5O2. The van der Waals surface area contributed by atoms with Gasteiger partial charge in [-0.25, -0.2) is 9.97 Å². The van der Waals surface area contributed by atoms with Crippen molar-refractivity contribution in [3.63, 3.8) is 0 Å². The molecule has 22 heavy (non-hydrogen) atoms. The molecule has 124 valence electrons. The summed E-state index contributed by atoms with van der Waals surface area (Å²) in [5, 5.41) is 19.4. The Labute approximate surface area is 136 Å². The van der Waals surface area contributed by atoms with Gasteiger partial charge in [0.25, 0.3) is 5.91 Å². The standard InChI is InChI=1S/C14H23N5O2.ClH/c1-2-16-13-17-8-11(9-18-13)12(20)19-10-14(21)4-3-6-15-7-5-14;/h8-9,15,21H,2-7,10H2,1H3,(H,19,20)(H,16,17,18);1H. The molecular weight excluding hydrogens is 306 g/mol. The van der Waals surface area contributed by atoms with Gasteiger partial charge in [-0.05, 0) is 39.3 Å². The Morgan fingerprint density at radius 1 is 1.36 bits per heavy atom. The lowest BCUT2D eigenvalue weighted by Gasteiger charge is -2.26. The molecule has 2 heterocycles. The second-order valence-electron chi connectivity index (χ2n) is 5.34. The van der Waals surface area contributed by atoms with Crippen molar-refractivity contribution in [1.82, 2.24) is 20.6 Å². The van der Waals surface area contributed by atoms with Crippen molar-refractivity contribution in [3.05, 3.63) is 18.0 Å². The minimum atomic E-state index is -0.830. The maximum atomic E-state index is 12.0. The van der Waals surface area contributed by atoms with Gasteiger partial charge in [-0.2, -0.15) is 0 Å². The van der Waals surface area contributed by atoms with E-state index < -0.39 is 5.60 Å². The van der Waals surface area contributed by atoms with E-state index in [1.165, 1.54) is 12.4 Å². The lowest BCUT2D eigenvalue weighted by molar-refractivity contribution is 0.0275. The van der Waals surface area contributed by atoms with E-state index in [4.69, 9.17) is 0 Å². The molecule has 1 aromatic rings. The summed E-state index contributed by atoms with van der Waals surface area (Å²) >= 11 is 0. The largest absolute Gasteiger partial charge is 0.388 e. The van der Waals surface area contributed by atoms with Crippen molar-refractivity contribution in [1.29, 1.82) is 0 Å². The molecule has 0 saturated carbocycles. The number of amides is 1. The molecule has 0 bridgehead atoms. The third-order valence-corrected chi connectivity index (χ3v) is 3.59. The lowest BCUT2D eigenvalue weighted by Crippen LogP contribution is -2.43. The van der Waals surface area contributed by atoms with Crippen molar-refractivity contribution < 1.29 is 9.90 Å². The number of halogens is 1. The van der Waals surface area contributed by atoms with Crippen LogP contribution in [0.25, 0.3) is 0 Å². The van der Waals surface area contributed by atoms with Gasteiger partial charge < -0.3 is 21.1 Å². The van der Waals surface area contributed by atoms with Gasteiger partial charge in [0.15, 0.2) is 0 Å². The minimum absolute atomic E-state index is 0. The molecule has 4 N–H and O–H groups in total. The molecule has 7 nitrogen and oxygen atoms in total. The van der Waals surface area contributed by atoms with E-state index in [2.05, 4.69) is 25.9 Å². The number of anilines is 1. The summed E-state index contributed by atoms with van der Waals surface area (Å²) in [5.74, 6) is 0.242. The first-order valence-corrected chi connectivity index (χ1v) is 7.40. The summed E-state index contributed by atoms with van der Waals surface area (Å²) in [7, 11) is 0. The van der Waals surface area contributed by atoms with Gasteiger partial charge >= 0.3 is 0 Å². The van der Waals surface area contributed by atoms with Crippen LogP contribution in [0.3, 0.4) is 0 Å². The number of aliphatic hydroxyl groups is 1. The molecule has 1 atom stereocenters. The SMILES string of the molecule is CCNc1ncc(C(=O)NCC2(O)CCCNCC2)cn1.Cl. The first-order chi connectivity index (χ1) is 10.1. The number of hydrogen-bond donors (Lipinski definition) is 4. The zero-order valence-electron chi connectivity index (χ0n) is 12.8. The molecule has 1 amide bonds. The van der Waals surface area contributed by atoms with E-state index in [9.17, 15) is 9.90 Å². The maximum absolute atomic E-state index is 12.0. The van der Waals surface area contributed by atoms with E-state index >= 15 is 0 Å². The Morgan fingerprint density at radius 3 is 2.77 bits per heavy atom. The van der Waals surface area contributed by atoms with Crippen molar-refractivity contribution in [2.45, 2.75) is 31.8 Å². The highest BCUT2D eigenvalue weighted by Crippen LogP contribution is 2.18. The molecule has 1 aliphatic rings. The second-order valence-corrected chi connectivity index (χ2v) is 5.34. The van der Waals surface area contributed by atoms with Gasteiger partial charge in [-0.1, -0.05) is 0 Å². The molecule has 1 unspecified atom stereocenters. The predicted octanol–water partition coefficient (Wildman–Crippen LogP) is 0.565. The van der Waals surface area contributed by atoms with Gasteiger partial charge in [0, 0.05) is 25.5 Å². The van der Waals surface area contributed by atoms with Crippen LogP contribution in [0.2, 0.25) is 0 Å². The van der Waals surface area contributed by atoms with E-state index in [1.54, 1.807) is 0 Å². The fraction of sp³-hybridized carbons (Fsp3) is 0.643. The van der Waals surface area contributed by atoms with Gasteiger partial charge in [-0.3, -0.25) is 4.79 Å². The molecule has 1 saturated heterocycles. The van der Waals surface area contributed by atoms with Crippen LogP contribution in [0.1, 0.15) is 36.5 Å². The molecule has 0 radical (unpaired) electrons. The van der Waals surface area contributed by atoms with Gasteiger partial charge in [0.05, 0.1) is 11.2 Å². The van der Waals surface area contributed by atoms with Crippen LogP contribution in [0, 0.1) is 0 Å². The molecule has 1 aliphatic heterocycles. The molecule has 1 fully saturated rings. The number of rotatable bonds is 5. The molecule has 1 aromatic heterocycles. The molecule has 0 spiro atoms. The molecule has 0 aromatic carbocycles. The van der Waals surface area contributed by atoms with Gasteiger partial charge in [0.2, 0.25) is 5.95 Å². The fourth-order valence-corrected chi connectivity index (χ4v) is 2.33. The Bertz CT molecular complexity index is 461. The summed E-state index contributed by atoms with van der Waals surface area (Å²) in [6, 6.07) is 0. The van der Waals surface area contributed by atoms with Crippen LogP contribution in [0.4, 0.5) is 5.95 Å². The zero-order valence-corrected chi connectivity index (χ0v) is 13.6. The molecule has 2 rings (SSSR count). The van der Waals surface area contributed by atoms with Crippen LogP contribution in [0.15, 0.2) is 12.4 Å². The number of carbonyl (C=O) groups excluding carboxylic acids is 1. The van der Waals surface area contributed by atoms with Crippen LogP contribution < -0.4 is 16.0 Å². The average molecular weight is 330 g/mol. The van der Waals surface area contributed by atoms with Crippen LogP contribution in [-0.4, -0.2) is 52.8 Å². The highest BCUT2D eigenvalue weighted by molar-refractivity contribution is 5.93. The maximum Gasteiger partial charge on any atom is 0.254 e. The Hall–Kier alpha value is -1.44. The minimum Gasteiger partial charge on any atom is -0.388 e. The summed E-state index contributed by atoms with van der Waals surface area (Å²) < 4.78 is 0. The second kappa shape index (κ2) is 8.87.